The van der Waals surface area contributed by atoms with Crippen LogP contribution in [0.15, 0.2) is 12.3 Å². The molecule has 1 rings (SSSR count). The molecule has 76 valence electrons. The van der Waals surface area contributed by atoms with Crippen molar-refractivity contribution < 1.29 is 18.1 Å². The zero-order valence-corrected chi connectivity index (χ0v) is 7.00. The number of halogens is 3. The fourth-order valence-corrected chi connectivity index (χ4v) is 0.861. The third-order valence-corrected chi connectivity index (χ3v) is 1.58. The van der Waals surface area contributed by atoms with E-state index in [1.54, 1.807) is 0 Å². The quantitative estimate of drug-likeness (QED) is 0.523. The van der Waals surface area contributed by atoms with Crippen LogP contribution in [0.2, 0.25) is 0 Å². The van der Waals surface area contributed by atoms with Crippen molar-refractivity contribution in [3.05, 3.63) is 33.6 Å². The molecule has 1 aromatic rings. The summed E-state index contributed by atoms with van der Waals surface area (Å²) in [5.74, 6) is 0. The molecule has 14 heavy (non-hydrogen) atoms. The number of hydrogen-bond acceptors (Lipinski definition) is 3. The van der Waals surface area contributed by atoms with Crippen LogP contribution in [0.5, 0.6) is 0 Å². The van der Waals surface area contributed by atoms with Crippen molar-refractivity contribution in [2.45, 2.75) is 13.1 Å². The second kappa shape index (κ2) is 3.24. The van der Waals surface area contributed by atoms with Crippen LogP contribution in [0.1, 0.15) is 11.3 Å². The first-order valence-corrected chi connectivity index (χ1v) is 3.50. The van der Waals surface area contributed by atoms with Gasteiger partial charge in [-0.25, -0.2) is 0 Å². The topological polar surface area (TPSA) is 56.0 Å². The van der Waals surface area contributed by atoms with Crippen LogP contribution in [0.25, 0.3) is 0 Å². The van der Waals surface area contributed by atoms with Crippen LogP contribution in [0.3, 0.4) is 0 Å². The lowest BCUT2D eigenvalue weighted by atomic mass is 10.2. The second-order valence-electron chi connectivity index (χ2n) is 2.58. The molecule has 0 spiro atoms. The molecule has 1 aromatic heterocycles. The van der Waals surface area contributed by atoms with Crippen molar-refractivity contribution in [3.63, 3.8) is 0 Å². The molecule has 4 nitrogen and oxygen atoms in total. The van der Waals surface area contributed by atoms with Crippen LogP contribution in [0, 0.1) is 17.0 Å². The summed E-state index contributed by atoms with van der Waals surface area (Å²) < 4.78 is 36.3. The summed E-state index contributed by atoms with van der Waals surface area (Å²) in [6.45, 7) is 1.28. The molecular formula is C7H5F3N2O2. The number of nitro groups is 1. The van der Waals surface area contributed by atoms with Gasteiger partial charge in [0.05, 0.1) is 10.5 Å². The molecule has 0 saturated carbocycles. The van der Waals surface area contributed by atoms with Crippen molar-refractivity contribution in [2.24, 2.45) is 0 Å². The lowest BCUT2D eigenvalue weighted by molar-refractivity contribution is -0.386. The summed E-state index contributed by atoms with van der Waals surface area (Å²) >= 11 is 0. The summed E-state index contributed by atoms with van der Waals surface area (Å²) in [7, 11) is 0. The van der Waals surface area contributed by atoms with Gasteiger partial charge in [-0.15, -0.1) is 0 Å². The molecule has 0 aliphatic carbocycles. The highest BCUT2D eigenvalue weighted by molar-refractivity contribution is 5.38. The Kier molecular flexibility index (Phi) is 2.41. The highest BCUT2D eigenvalue weighted by Crippen LogP contribution is 2.31. The lowest BCUT2D eigenvalue weighted by Gasteiger charge is -2.05. The molecule has 1 heterocycles. The average Bonchev–Trinajstić information content (AvgIpc) is 2.02. The number of aromatic nitrogens is 1. The van der Waals surface area contributed by atoms with E-state index in [1.807, 2.05) is 0 Å². The maximum Gasteiger partial charge on any atom is 0.418 e. The Hall–Kier alpha value is -1.66. The van der Waals surface area contributed by atoms with Crippen LogP contribution < -0.4 is 0 Å². The molecule has 0 saturated heterocycles. The van der Waals surface area contributed by atoms with Gasteiger partial charge in [-0.2, -0.15) is 13.2 Å². The number of hydrogen-bond donors (Lipinski definition) is 0. The van der Waals surface area contributed by atoms with Gasteiger partial charge in [0.25, 0.3) is 5.69 Å². The van der Waals surface area contributed by atoms with Crippen molar-refractivity contribution >= 4 is 5.69 Å². The molecule has 0 fully saturated rings. The molecule has 0 N–H and O–H groups in total. The van der Waals surface area contributed by atoms with Crippen molar-refractivity contribution in [3.8, 4) is 0 Å². The Morgan fingerprint density at radius 2 is 2.07 bits per heavy atom. The van der Waals surface area contributed by atoms with Gasteiger partial charge in [0.1, 0.15) is 5.69 Å². The van der Waals surface area contributed by atoms with Crippen LogP contribution in [-0.2, 0) is 6.18 Å². The van der Waals surface area contributed by atoms with E-state index in [1.165, 1.54) is 6.92 Å². The predicted octanol–water partition coefficient (Wildman–Crippen LogP) is 2.32. The molecule has 7 heteroatoms. The lowest BCUT2D eigenvalue weighted by Crippen LogP contribution is -2.07. The monoisotopic (exact) mass is 206 g/mol. The molecule has 0 aromatic carbocycles. The largest absolute Gasteiger partial charge is 0.418 e. The first kappa shape index (κ1) is 10.4. The van der Waals surface area contributed by atoms with Gasteiger partial charge in [-0.1, -0.05) is 0 Å². The van der Waals surface area contributed by atoms with E-state index in [4.69, 9.17) is 0 Å². The average molecular weight is 206 g/mol. The van der Waals surface area contributed by atoms with Gasteiger partial charge < -0.3 is 0 Å². The summed E-state index contributed by atoms with van der Waals surface area (Å²) in [4.78, 5) is 12.7. The van der Waals surface area contributed by atoms with Crippen molar-refractivity contribution in [1.29, 1.82) is 0 Å². The van der Waals surface area contributed by atoms with Gasteiger partial charge in [-0.05, 0) is 6.92 Å². The zero-order valence-electron chi connectivity index (χ0n) is 7.00. The first-order chi connectivity index (χ1) is 6.32. The second-order valence-corrected chi connectivity index (χ2v) is 2.58. The van der Waals surface area contributed by atoms with Crippen molar-refractivity contribution in [1.82, 2.24) is 4.98 Å². The van der Waals surface area contributed by atoms with E-state index in [9.17, 15) is 23.3 Å². The maximum absolute atomic E-state index is 12.1. The van der Waals surface area contributed by atoms with E-state index in [0.717, 1.165) is 0 Å². The maximum atomic E-state index is 12.1. The molecule has 0 radical (unpaired) electrons. The summed E-state index contributed by atoms with van der Waals surface area (Å²) in [6, 6.07) is 0.475. The molecule has 0 amide bonds. The van der Waals surface area contributed by atoms with Gasteiger partial charge in [0.15, 0.2) is 0 Å². The van der Waals surface area contributed by atoms with E-state index in [-0.39, 0.29) is 5.69 Å². The Morgan fingerprint density at radius 1 is 1.50 bits per heavy atom. The predicted molar refractivity (Wildman–Crippen MR) is 40.6 cm³/mol. The van der Waals surface area contributed by atoms with Crippen LogP contribution in [-0.4, -0.2) is 9.91 Å². The standard InChI is InChI=1S/C7H5F3N2O2/c1-4-6(12(13)14)2-5(3-11-4)7(8,9)10/h2-3H,1H3. The molecule has 0 bridgehead atoms. The minimum absolute atomic E-state index is 0.0389. The number of rotatable bonds is 1. The Bertz CT molecular complexity index is 376. The summed E-state index contributed by atoms with van der Waals surface area (Å²) in [5.41, 5.74) is -1.78. The first-order valence-electron chi connectivity index (χ1n) is 3.50. The Labute approximate surface area is 76.5 Å². The third-order valence-electron chi connectivity index (χ3n) is 1.58. The molecule has 0 aliphatic rings. The molecule has 0 atom stereocenters. The number of pyridine rings is 1. The van der Waals surface area contributed by atoms with Gasteiger partial charge in [-0.3, -0.25) is 15.1 Å². The fraction of sp³-hybridized carbons (Fsp3) is 0.286. The minimum atomic E-state index is -4.61. The number of alkyl halides is 3. The van der Waals surface area contributed by atoms with Gasteiger partial charge in [0.2, 0.25) is 0 Å². The number of nitrogens with zero attached hydrogens (tertiary/aromatic N) is 2. The zero-order chi connectivity index (χ0) is 10.9. The van der Waals surface area contributed by atoms with E-state index < -0.39 is 22.4 Å². The van der Waals surface area contributed by atoms with E-state index in [0.29, 0.717) is 12.3 Å². The fourth-order valence-electron chi connectivity index (χ4n) is 0.861. The summed E-state index contributed by atoms with van der Waals surface area (Å²) in [5, 5.41) is 10.3. The normalized spacial score (nSPS) is 11.4. The molecular weight excluding hydrogens is 201 g/mol. The summed E-state index contributed by atoms with van der Waals surface area (Å²) in [6.07, 6.45) is -4.03. The van der Waals surface area contributed by atoms with E-state index >= 15 is 0 Å². The molecule has 0 unspecified atom stereocenters. The highest BCUT2D eigenvalue weighted by Gasteiger charge is 2.33. The van der Waals surface area contributed by atoms with E-state index in [2.05, 4.69) is 4.98 Å². The minimum Gasteiger partial charge on any atom is -0.258 e. The third kappa shape index (κ3) is 1.98. The Morgan fingerprint density at radius 3 is 2.50 bits per heavy atom. The smallest absolute Gasteiger partial charge is 0.258 e. The van der Waals surface area contributed by atoms with Crippen LogP contribution >= 0.6 is 0 Å². The van der Waals surface area contributed by atoms with Crippen molar-refractivity contribution in [2.75, 3.05) is 0 Å². The van der Waals surface area contributed by atoms with Gasteiger partial charge in [0, 0.05) is 12.3 Å². The SMILES string of the molecule is Cc1ncc(C(F)(F)F)cc1[N+](=O)[O-]. The number of aryl methyl sites for hydroxylation is 1. The van der Waals surface area contributed by atoms with Crippen LogP contribution in [0.4, 0.5) is 18.9 Å². The Balaban J connectivity index is 3.27. The molecule has 0 aliphatic heterocycles. The highest BCUT2D eigenvalue weighted by atomic mass is 19.4. The van der Waals surface area contributed by atoms with Gasteiger partial charge >= 0.3 is 6.18 Å².